The van der Waals surface area contributed by atoms with Crippen LogP contribution >= 0.6 is 11.6 Å². The van der Waals surface area contributed by atoms with E-state index in [0.29, 0.717) is 11.6 Å². The quantitative estimate of drug-likeness (QED) is 0.858. The number of halogens is 1. The summed E-state index contributed by atoms with van der Waals surface area (Å²) in [5, 5.41) is 10.2. The Morgan fingerprint density at radius 1 is 1.44 bits per heavy atom. The molecule has 1 N–H and O–H groups in total. The van der Waals surface area contributed by atoms with E-state index in [1.807, 2.05) is 12.1 Å². The molecule has 1 atom stereocenters. The third kappa shape index (κ3) is 1.93. The standard InChI is InChI=1S/C14H15ClN2O/c1-9-3-2-4-10(7-9)14-16-13(15)12-8-11(18)5-6-17(12)14/h2-4,7,11,18H,5-6,8H2,1H3. The monoisotopic (exact) mass is 262 g/mol. The van der Waals surface area contributed by atoms with Gasteiger partial charge in [0.1, 0.15) is 5.82 Å². The van der Waals surface area contributed by atoms with Gasteiger partial charge in [0.2, 0.25) is 0 Å². The van der Waals surface area contributed by atoms with Crippen LogP contribution < -0.4 is 0 Å². The van der Waals surface area contributed by atoms with Gasteiger partial charge in [-0.05, 0) is 19.4 Å². The molecule has 0 spiro atoms. The lowest BCUT2D eigenvalue weighted by atomic mass is 10.1. The van der Waals surface area contributed by atoms with E-state index in [1.165, 1.54) is 5.56 Å². The molecule has 1 aliphatic rings. The molecule has 0 bridgehead atoms. The number of imidazole rings is 1. The Hall–Kier alpha value is -1.32. The second kappa shape index (κ2) is 4.41. The van der Waals surface area contributed by atoms with Crippen LogP contribution in [0.15, 0.2) is 24.3 Å². The fourth-order valence-corrected chi connectivity index (χ4v) is 2.76. The lowest BCUT2D eigenvalue weighted by Gasteiger charge is -2.21. The summed E-state index contributed by atoms with van der Waals surface area (Å²) in [6.45, 7) is 2.84. The summed E-state index contributed by atoms with van der Waals surface area (Å²) in [5.74, 6) is 0.908. The summed E-state index contributed by atoms with van der Waals surface area (Å²) in [5.41, 5.74) is 3.24. The molecular weight excluding hydrogens is 248 g/mol. The van der Waals surface area contributed by atoms with Crippen LogP contribution in [0.3, 0.4) is 0 Å². The molecule has 1 aromatic carbocycles. The molecule has 1 aromatic heterocycles. The first kappa shape index (κ1) is 11.8. The number of aliphatic hydroxyl groups is 1. The number of aliphatic hydroxyl groups excluding tert-OH is 1. The maximum atomic E-state index is 9.70. The zero-order valence-electron chi connectivity index (χ0n) is 10.2. The molecule has 18 heavy (non-hydrogen) atoms. The fourth-order valence-electron chi connectivity index (χ4n) is 2.50. The van der Waals surface area contributed by atoms with Gasteiger partial charge in [-0.3, -0.25) is 0 Å². The number of hydrogen-bond acceptors (Lipinski definition) is 2. The Morgan fingerprint density at radius 3 is 3.06 bits per heavy atom. The molecule has 1 unspecified atom stereocenters. The maximum Gasteiger partial charge on any atom is 0.151 e. The normalized spacial score (nSPS) is 18.7. The minimum atomic E-state index is -0.294. The molecule has 4 heteroatoms. The van der Waals surface area contributed by atoms with Crippen LogP contribution in [-0.4, -0.2) is 20.8 Å². The van der Waals surface area contributed by atoms with Crippen molar-refractivity contribution in [1.82, 2.24) is 9.55 Å². The fraction of sp³-hybridized carbons (Fsp3) is 0.357. The summed E-state index contributed by atoms with van der Waals surface area (Å²) >= 11 is 6.17. The first-order chi connectivity index (χ1) is 8.65. The van der Waals surface area contributed by atoms with Crippen LogP contribution in [0.2, 0.25) is 5.15 Å². The van der Waals surface area contributed by atoms with Crippen LogP contribution in [-0.2, 0) is 13.0 Å². The predicted molar refractivity (Wildman–Crippen MR) is 71.7 cm³/mol. The van der Waals surface area contributed by atoms with Gasteiger partial charge in [-0.1, -0.05) is 35.4 Å². The van der Waals surface area contributed by atoms with Gasteiger partial charge in [0, 0.05) is 18.5 Å². The molecule has 94 valence electrons. The third-order valence-corrected chi connectivity index (χ3v) is 3.72. The minimum Gasteiger partial charge on any atom is -0.393 e. The van der Waals surface area contributed by atoms with Crippen LogP contribution in [0.1, 0.15) is 17.7 Å². The van der Waals surface area contributed by atoms with Crippen molar-refractivity contribution in [2.75, 3.05) is 0 Å². The minimum absolute atomic E-state index is 0.294. The van der Waals surface area contributed by atoms with Gasteiger partial charge in [0.15, 0.2) is 5.15 Å². The van der Waals surface area contributed by atoms with Crippen molar-refractivity contribution in [2.45, 2.75) is 32.4 Å². The van der Waals surface area contributed by atoms with Gasteiger partial charge in [-0.2, -0.15) is 0 Å². The average Bonchev–Trinajstić information content (AvgIpc) is 2.67. The Bertz CT molecular complexity index is 591. The van der Waals surface area contributed by atoms with Crippen LogP contribution in [0.25, 0.3) is 11.4 Å². The number of aromatic nitrogens is 2. The zero-order chi connectivity index (χ0) is 12.7. The van der Waals surface area contributed by atoms with E-state index in [0.717, 1.165) is 30.0 Å². The Balaban J connectivity index is 2.11. The van der Waals surface area contributed by atoms with Crippen molar-refractivity contribution in [2.24, 2.45) is 0 Å². The van der Waals surface area contributed by atoms with E-state index < -0.39 is 0 Å². The van der Waals surface area contributed by atoms with Crippen molar-refractivity contribution in [3.8, 4) is 11.4 Å². The van der Waals surface area contributed by atoms with Crippen molar-refractivity contribution in [3.63, 3.8) is 0 Å². The van der Waals surface area contributed by atoms with Gasteiger partial charge < -0.3 is 9.67 Å². The van der Waals surface area contributed by atoms with Crippen LogP contribution in [0, 0.1) is 6.92 Å². The lowest BCUT2D eigenvalue weighted by molar-refractivity contribution is 0.144. The summed E-state index contributed by atoms with van der Waals surface area (Å²) in [6.07, 6.45) is 1.06. The summed E-state index contributed by atoms with van der Waals surface area (Å²) in [4.78, 5) is 4.46. The highest BCUT2D eigenvalue weighted by Crippen LogP contribution is 2.30. The van der Waals surface area contributed by atoms with E-state index in [1.54, 1.807) is 0 Å². The number of fused-ring (bicyclic) bond motifs is 1. The van der Waals surface area contributed by atoms with E-state index in [4.69, 9.17) is 11.6 Å². The summed E-state index contributed by atoms with van der Waals surface area (Å²) < 4.78 is 2.13. The Morgan fingerprint density at radius 2 is 2.28 bits per heavy atom. The Labute approximate surface area is 111 Å². The third-order valence-electron chi connectivity index (χ3n) is 3.41. The van der Waals surface area contributed by atoms with Gasteiger partial charge in [-0.25, -0.2) is 4.98 Å². The van der Waals surface area contributed by atoms with Gasteiger partial charge >= 0.3 is 0 Å². The molecule has 3 rings (SSSR count). The first-order valence-corrected chi connectivity index (χ1v) is 6.53. The zero-order valence-corrected chi connectivity index (χ0v) is 11.0. The van der Waals surface area contributed by atoms with Gasteiger partial charge in [-0.15, -0.1) is 0 Å². The highest BCUT2D eigenvalue weighted by atomic mass is 35.5. The second-order valence-electron chi connectivity index (χ2n) is 4.84. The summed E-state index contributed by atoms with van der Waals surface area (Å²) in [7, 11) is 0. The van der Waals surface area contributed by atoms with E-state index >= 15 is 0 Å². The van der Waals surface area contributed by atoms with Gasteiger partial charge in [0.05, 0.1) is 11.8 Å². The molecule has 0 saturated heterocycles. The van der Waals surface area contributed by atoms with Crippen molar-refractivity contribution in [1.29, 1.82) is 0 Å². The van der Waals surface area contributed by atoms with E-state index in [2.05, 4.69) is 28.6 Å². The lowest BCUT2D eigenvalue weighted by Crippen LogP contribution is -2.23. The number of nitrogens with zero attached hydrogens (tertiary/aromatic N) is 2. The maximum absolute atomic E-state index is 9.70. The van der Waals surface area contributed by atoms with E-state index in [-0.39, 0.29) is 6.10 Å². The highest BCUT2D eigenvalue weighted by molar-refractivity contribution is 6.30. The SMILES string of the molecule is Cc1cccc(-c2nc(Cl)c3n2CCC(O)C3)c1. The molecule has 3 nitrogen and oxygen atoms in total. The Kier molecular flexibility index (Phi) is 2.88. The molecule has 1 aliphatic heterocycles. The second-order valence-corrected chi connectivity index (χ2v) is 5.20. The van der Waals surface area contributed by atoms with Gasteiger partial charge in [0.25, 0.3) is 0 Å². The number of aryl methyl sites for hydroxylation is 1. The average molecular weight is 263 g/mol. The predicted octanol–water partition coefficient (Wildman–Crippen LogP) is 2.82. The molecule has 0 saturated carbocycles. The molecule has 2 heterocycles. The largest absolute Gasteiger partial charge is 0.393 e. The molecule has 0 amide bonds. The van der Waals surface area contributed by atoms with Crippen LogP contribution in [0.5, 0.6) is 0 Å². The molecule has 0 fully saturated rings. The molecule has 0 aliphatic carbocycles. The van der Waals surface area contributed by atoms with Crippen LogP contribution in [0.4, 0.5) is 0 Å². The van der Waals surface area contributed by atoms with Crippen molar-refractivity contribution < 1.29 is 5.11 Å². The highest BCUT2D eigenvalue weighted by Gasteiger charge is 2.24. The number of benzene rings is 1. The number of hydrogen-bond donors (Lipinski definition) is 1. The molecule has 2 aromatic rings. The topological polar surface area (TPSA) is 38.0 Å². The number of rotatable bonds is 1. The van der Waals surface area contributed by atoms with Crippen molar-refractivity contribution in [3.05, 3.63) is 40.7 Å². The van der Waals surface area contributed by atoms with Crippen molar-refractivity contribution >= 4 is 11.6 Å². The molecular formula is C14H15ClN2O. The molecule has 0 radical (unpaired) electrons. The summed E-state index contributed by atoms with van der Waals surface area (Å²) in [6, 6.07) is 8.24. The first-order valence-electron chi connectivity index (χ1n) is 6.15. The smallest absolute Gasteiger partial charge is 0.151 e. The van der Waals surface area contributed by atoms with E-state index in [9.17, 15) is 5.11 Å².